The Hall–Kier alpha value is -0.430. The lowest BCUT2D eigenvalue weighted by molar-refractivity contribution is 0.0532. The summed E-state index contributed by atoms with van der Waals surface area (Å²) in [6, 6.07) is 4.90. The van der Waals surface area contributed by atoms with Crippen LogP contribution in [0.1, 0.15) is 31.2 Å². The minimum absolute atomic E-state index is 0.0842. The summed E-state index contributed by atoms with van der Waals surface area (Å²) in [6.07, 6.45) is 3.23. The van der Waals surface area contributed by atoms with Gasteiger partial charge in [0.25, 0.3) is 0 Å². The van der Waals surface area contributed by atoms with Gasteiger partial charge in [-0.1, -0.05) is 34.8 Å². The molecule has 1 aromatic carbocycles. The summed E-state index contributed by atoms with van der Waals surface area (Å²) >= 11 is 3.32. The highest BCUT2D eigenvalue weighted by Crippen LogP contribution is 2.29. The number of rotatable bonds is 4. The summed E-state index contributed by atoms with van der Waals surface area (Å²) in [5.41, 5.74) is 0.100. The van der Waals surface area contributed by atoms with Crippen LogP contribution in [0.5, 0.6) is 0 Å². The molecule has 1 aliphatic carbocycles. The van der Waals surface area contributed by atoms with Gasteiger partial charge in [0, 0.05) is 11.0 Å². The van der Waals surface area contributed by atoms with Crippen LogP contribution in [0.2, 0.25) is 0 Å². The molecule has 0 aromatic heterocycles. The number of hydrogen-bond acceptors (Lipinski definition) is 3. The fourth-order valence-corrected chi connectivity index (χ4v) is 3.94. The lowest BCUT2D eigenvalue weighted by Crippen LogP contribution is -2.40. The van der Waals surface area contributed by atoms with Gasteiger partial charge in [-0.15, -0.1) is 0 Å². The standard InChI is InChI=1S/C13H18BrNO3S/c1-10-4-5-11(8-12(10)14)19(17,18)15-9-13(16)6-2-3-7-13/h4-5,8,15-16H,2-3,6-7,9H2,1H3. The lowest BCUT2D eigenvalue weighted by atomic mass is 10.0. The Bertz CT molecular complexity index is 565. The molecule has 106 valence electrons. The summed E-state index contributed by atoms with van der Waals surface area (Å²) in [4.78, 5) is 0.214. The van der Waals surface area contributed by atoms with E-state index in [-0.39, 0.29) is 11.4 Å². The van der Waals surface area contributed by atoms with Crippen molar-refractivity contribution < 1.29 is 13.5 Å². The molecule has 0 amide bonds. The molecule has 1 saturated carbocycles. The van der Waals surface area contributed by atoms with Gasteiger partial charge in [-0.3, -0.25) is 0 Å². The van der Waals surface area contributed by atoms with Crippen LogP contribution < -0.4 is 4.72 Å². The predicted octanol–water partition coefficient (Wildman–Crippen LogP) is 2.34. The molecule has 0 saturated heterocycles. The SMILES string of the molecule is Cc1ccc(S(=O)(=O)NCC2(O)CCCC2)cc1Br. The Balaban J connectivity index is 2.11. The molecule has 1 fully saturated rings. The highest BCUT2D eigenvalue weighted by molar-refractivity contribution is 9.10. The average molecular weight is 348 g/mol. The van der Waals surface area contributed by atoms with E-state index in [4.69, 9.17) is 0 Å². The van der Waals surface area contributed by atoms with Gasteiger partial charge in [-0.05, 0) is 37.5 Å². The van der Waals surface area contributed by atoms with Crippen LogP contribution in [0.3, 0.4) is 0 Å². The third kappa shape index (κ3) is 3.56. The van der Waals surface area contributed by atoms with E-state index in [0.717, 1.165) is 22.9 Å². The Morgan fingerprint density at radius 1 is 1.37 bits per heavy atom. The summed E-state index contributed by atoms with van der Waals surface area (Å²) in [7, 11) is -3.57. The largest absolute Gasteiger partial charge is 0.389 e. The van der Waals surface area contributed by atoms with Crippen molar-refractivity contribution in [2.24, 2.45) is 0 Å². The van der Waals surface area contributed by atoms with E-state index < -0.39 is 15.6 Å². The zero-order valence-electron chi connectivity index (χ0n) is 10.8. The second-order valence-electron chi connectivity index (χ2n) is 5.17. The Labute approximate surface area is 122 Å². The third-order valence-electron chi connectivity index (χ3n) is 3.58. The summed E-state index contributed by atoms with van der Waals surface area (Å²) in [5, 5.41) is 10.2. The number of aryl methyl sites for hydroxylation is 1. The van der Waals surface area contributed by atoms with Crippen LogP contribution in [0.15, 0.2) is 27.6 Å². The molecule has 0 atom stereocenters. The Kier molecular flexibility index (Phi) is 4.35. The highest BCUT2D eigenvalue weighted by Gasteiger charge is 2.32. The van der Waals surface area contributed by atoms with E-state index in [1.165, 1.54) is 0 Å². The molecule has 6 heteroatoms. The van der Waals surface area contributed by atoms with Gasteiger partial charge in [0.15, 0.2) is 0 Å². The molecule has 0 radical (unpaired) electrons. The minimum Gasteiger partial charge on any atom is -0.389 e. The van der Waals surface area contributed by atoms with Gasteiger partial charge >= 0.3 is 0 Å². The molecular formula is C13H18BrNO3S. The second kappa shape index (κ2) is 5.52. The number of benzene rings is 1. The van der Waals surface area contributed by atoms with Gasteiger partial charge in [0.2, 0.25) is 10.0 Å². The monoisotopic (exact) mass is 347 g/mol. The molecule has 0 heterocycles. The smallest absolute Gasteiger partial charge is 0.240 e. The van der Waals surface area contributed by atoms with Crippen molar-refractivity contribution in [3.63, 3.8) is 0 Å². The van der Waals surface area contributed by atoms with Crippen molar-refractivity contribution in [2.45, 2.75) is 43.1 Å². The topological polar surface area (TPSA) is 66.4 Å². The molecule has 19 heavy (non-hydrogen) atoms. The Morgan fingerprint density at radius 2 is 2.00 bits per heavy atom. The summed E-state index contributed by atoms with van der Waals surface area (Å²) in [5.74, 6) is 0. The first-order valence-electron chi connectivity index (χ1n) is 6.31. The zero-order valence-corrected chi connectivity index (χ0v) is 13.2. The van der Waals surface area contributed by atoms with Crippen molar-refractivity contribution in [3.05, 3.63) is 28.2 Å². The number of hydrogen-bond donors (Lipinski definition) is 2. The number of halogens is 1. The fraction of sp³-hybridized carbons (Fsp3) is 0.538. The molecule has 1 aromatic rings. The molecule has 1 aliphatic rings. The van der Waals surface area contributed by atoms with Crippen molar-refractivity contribution in [1.29, 1.82) is 0 Å². The van der Waals surface area contributed by atoms with Gasteiger partial charge < -0.3 is 5.11 Å². The van der Waals surface area contributed by atoms with E-state index >= 15 is 0 Å². The molecule has 0 spiro atoms. The van der Waals surface area contributed by atoms with Crippen LogP contribution >= 0.6 is 15.9 Å². The quantitative estimate of drug-likeness (QED) is 0.878. The van der Waals surface area contributed by atoms with Crippen LogP contribution in [0, 0.1) is 6.92 Å². The first kappa shape index (κ1) is 15.0. The molecule has 0 unspecified atom stereocenters. The number of aliphatic hydroxyl groups is 1. The number of nitrogens with one attached hydrogen (secondary N) is 1. The van der Waals surface area contributed by atoms with Gasteiger partial charge in [-0.2, -0.15) is 0 Å². The van der Waals surface area contributed by atoms with Crippen molar-refractivity contribution in [2.75, 3.05) is 6.54 Å². The highest BCUT2D eigenvalue weighted by atomic mass is 79.9. The predicted molar refractivity (Wildman–Crippen MR) is 77.5 cm³/mol. The van der Waals surface area contributed by atoms with E-state index in [1.54, 1.807) is 18.2 Å². The van der Waals surface area contributed by atoms with E-state index in [0.29, 0.717) is 12.8 Å². The van der Waals surface area contributed by atoms with E-state index in [1.807, 2.05) is 6.92 Å². The second-order valence-corrected chi connectivity index (χ2v) is 7.79. The first-order chi connectivity index (χ1) is 8.82. The minimum atomic E-state index is -3.57. The average Bonchev–Trinajstić information content (AvgIpc) is 2.78. The molecule has 0 aliphatic heterocycles. The molecule has 2 rings (SSSR count). The maximum atomic E-state index is 12.2. The van der Waals surface area contributed by atoms with Crippen LogP contribution in [0.25, 0.3) is 0 Å². The maximum absolute atomic E-state index is 12.2. The molecule has 0 bridgehead atoms. The fourth-order valence-electron chi connectivity index (χ4n) is 2.26. The van der Waals surface area contributed by atoms with Crippen LogP contribution in [-0.2, 0) is 10.0 Å². The van der Waals surface area contributed by atoms with E-state index in [2.05, 4.69) is 20.7 Å². The summed E-state index contributed by atoms with van der Waals surface area (Å²) in [6.45, 7) is 1.98. The van der Waals surface area contributed by atoms with Crippen LogP contribution in [0.4, 0.5) is 0 Å². The molecule has 4 nitrogen and oxygen atoms in total. The molecule has 2 N–H and O–H groups in total. The van der Waals surface area contributed by atoms with Gasteiger partial charge in [0.05, 0.1) is 10.5 Å². The molecular weight excluding hydrogens is 330 g/mol. The van der Waals surface area contributed by atoms with Crippen molar-refractivity contribution in [3.8, 4) is 0 Å². The maximum Gasteiger partial charge on any atom is 0.240 e. The number of sulfonamides is 1. The van der Waals surface area contributed by atoms with Gasteiger partial charge in [0.1, 0.15) is 0 Å². The van der Waals surface area contributed by atoms with Crippen molar-refractivity contribution >= 4 is 26.0 Å². The van der Waals surface area contributed by atoms with Crippen molar-refractivity contribution in [1.82, 2.24) is 4.72 Å². The Morgan fingerprint density at radius 3 is 2.58 bits per heavy atom. The third-order valence-corrected chi connectivity index (χ3v) is 5.83. The lowest BCUT2D eigenvalue weighted by Gasteiger charge is -2.22. The van der Waals surface area contributed by atoms with Crippen LogP contribution in [-0.4, -0.2) is 25.7 Å². The first-order valence-corrected chi connectivity index (χ1v) is 8.58. The summed E-state index contributed by atoms with van der Waals surface area (Å²) < 4.78 is 27.6. The van der Waals surface area contributed by atoms with Gasteiger partial charge in [-0.25, -0.2) is 13.1 Å². The normalized spacial score (nSPS) is 18.7. The zero-order chi connectivity index (χ0) is 14.1. The van der Waals surface area contributed by atoms with E-state index in [9.17, 15) is 13.5 Å².